The average Bonchev–Trinajstić information content (AvgIpc) is 3.14. The SMILES string of the molecule is O=C(c1cccc(N2CCNC2=O)c1)N1CCOC(c2ccccc2)C1. The second-order valence-corrected chi connectivity index (χ2v) is 6.46. The van der Waals surface area contributed by atoms with Crippen LogP contribution in [0.3, 0.4) is 0 Å². The highest BCUT2D eigenvalue weighted by Gasteiger charge is 2.27. The van der Waals surface area contributed by atoms with Gasteiger partial charge in [-0.3, -0.25) is 9.69 Å². The van der Waals surface area contributed by atoms with E-state index in [1.54, 1.807) is 17.0 Å². The van der Waals surface area contributed by atoms with Crippen LogP contribution in [0.2, 0.25) is 0 Å². The van der Waals surface area contributed by atoms with E-state index in [9.17, 15) is 9.59 Å². The molecule has 6 heteroatoms. The summed E-state index contributed by atoms with van der Waals surface area (Å²) in [6.07, 6.45) is -0.110. The van der Waals surface area contributed by atoms with Crippen molar-refractivity contribution in [2.45, 2.75) is 6.10 Å². The lowest BCUT2D eigenvalue weighted by Gasteiger charge is -2.33. The standard InChI is InChI=1S/C20H21N3O3/c24-19(16-7-4-8-17(13-16)23-10-9-21-20(23)25)22-11-12-26-18(14-22)15-5-2-1-3-6-15/h1-8,13,18H,9-12,14H2,(H,21,25). The Labute approximate surface area is 152 Å². The number of anilines is 1. The lowest BCUT2D eigenvalue weighted by Crippen LogP contribution is -2.42. The van der Waals surface area contributed by atoms with Gasteiger partial charge in [0.25, 0.3) is 5.91 Å². The normalized spacial score (nSPS) is 20.2. The molecule has 2 aliphatic rings. The van der Waals surface area contributed by atoms with Gasteiger partial charge in [0.05, 0.1) is 13.2 Å². The van der Waals surface area contributed by atoms with E-state index in [1.807, 2.05) is 47.4 Å². The van der Waals surface area contributed by atoms with Crippen molar-refractivity contribution in [3.05, 3.63) is 65.7 Å². The van der Waals surface area contributed by atoms with E-state index < -0.39 is 0 Å². The Balaban J connectivity index is 1.51. The average molecular weight is 351 g/mol. The first-order valence-corrected chi connectivity index (χ1v) is 8.83. The Morgan fingerprint density at radius 1 is 1.08 bits per heavy atom. The lowest BCUT2D eigenvalue weighted by atomic mass is 10.1. The molecule has 0 saturated carbocycles. The monoisotopic (exact) mass is 351 g/mol. The second kappa shape index (κ2) is 7.17. The number of hydrogen-bond acceptors (Lipinski definition) is 3. The summed E-state index contributed by atoms with van der Waals surface area (Å²) in [6.45, 7) is 2.84. The van der Waals surface area contributed by atoms with E-state index in [4.69, 9.17) is 4.74 Å². The molecule has 2 fully saturated rings. The van der Waals surface area contributed by atoms with E-state index in [1.165, 1.54) is 0 Å². The van der Waals surface area contributed by atoms with Gasteiger partial charge < -0.3 is 15.0 Å². The number of ether oxygens (including phenoxy) is 1. The molecule has 2 aromatic carbocycles. The number of hydrogen-bond donors (Lipinski definition) is 1. The first kappa shape index (κ1) is 16.6. The van der Waals surface area contributed by atoms with Gasteiger partial charge in [-0.1, -0.05) is 36.4 Å². The number of rotatable bonds is 3. The summed E-state index contributed by atoms with van der Waals surface area (Å²) >= 11 is 0. The maximum absolute atomic E-state index is 13.0. The molecule has 3 amide bonds. The maximum Gasteiger partial charge on any atom is 0.321 e. The Morgan fingerprint density at radius 3 is 2.69 bits per heavy atom. The minimum Gasteiger partial charge on any atom is -0.370 e. The predicted octanol–water partition coefficient (Wildman–Crippen LogP) is 2.43. The van der Waals surface area contributed by atoms with Crippen LogP contribution in [-0.4, -0.2) is 49.6 Å². The van der Waals surface area contributed by atoms with Crippen LogP contribution < -0.4 is 10.2 Å². The van der Waals surface area contributed by atoms with Crippen molar-refractivity contribution in [2.24, 2.45) is 0 Å². The summed E-state index contributed by atoms with van der Waals surface area (Å²) in [7, 11) is 0. The summed E-state index contributed by atoms with van der Waals surface area (Å²) in [5.74, 6) is -0.0318. The number of nitrogens with zero attached hydrogens (tertiary/aromatic N) is 2. The number of morpholine rings is 1. The fourth-order valence-corrected chi connectivity index (χ4v) is 3.41. The van der Waals surface area contributed by atoms with Gasteiger partial charge >= 0.3 is 6.03 Å². The molecule has 0 aromatic heterocycles. The molecule has 1 atom stereocenters. The summed E-state index contributed by atoms with van der Waals surface area (Å²) < 4.78 is 5.84. The quantitative estimate of drug-likeness (QED) is 0.924. The van der Waals surface area contributed by atoms with E-state index in [0.717, 1.165) is 11.3 Å². The lowest BCUT2D eigenvalue weighted by molar-refractivity contribution is -0.0228. The summed E-state index contributed by atoms with van der Waals surface area (Å²) in [6, 6.07) is 17.1. The molecule has 134 valence electrons. The molecule has 4 rings (SSSR count). The zero-order chi connectivity index (χ0) is 17.9. The number of amides is 3. The van der Waals surface area contributed by atoms with Crippen LogP contribution in [0.25, 0.3) is 0 Å². The summed E-state index contributed by atoms with van der Waals surface area (Å²) in [4.78, 5) is 28.3. The molecule has 2 saturated heterocycles. The molecular weight excluding hydrogens is 330 g/mol. The van der Waals surface area contributed by atoms with Crippen molar-refractivity contribution in [1.29, 1.82) is 0 Å². The highest BCUT2D eigenvalue weighted by molar-refractivity contribution is 5.98. The highest BCUT2D eigenvalue weighted by Crippen LogP contribution is 2.24. The van der Waals surface area contributed by atoms with Gasteiger partial charge in [-0.15, -0.1) is 0 Å². The zero-order valence-electron chi connectivity index (χ0n) is 14.4. The Morgan fingerprint density at radius 2 is 1.92 bits per heavy atom. The zero-order valence-corrected chi connectivity index (χ0v) is 14.4. The van der Waals surface area contributed by atoms with Gasteiger partial charge in [0.15, 0.2) is 0 Å². The third-order valence-corrected chi connectivity index (χ3v) is 4.79. The molecule has 2 aliphatic heterocycles. The molecule has 2 aromatic rings. The van der Waals surface area contributed by atoms with Gasteiger partial charge in [0.2, 0.25) is 0 Å². The molecular formula is C20H21N3O3. The minimum atomic E-state index is -0.120. The van der Waals surface area contributed by atoms with Crippen molar-refractivity contribution in [3.63, 3.8) is 0 Å². The van der Waals surface area contributed by atoms with Crippen LogP contribution in [0.1, 0.15) is 22.0 Å². The fraction of sp³-hybridized carbons (Fsp3) is 0.300. The van der Waals surface area contributed by atoms with Gasteiger partial charge in [-0.05, 0) is 23.8 Å². The van der Waals surface area contributed by atoms with Crippen molar-refractivity contribution in [1.82, 2.24) is 10.2 Å². The molecule has 0 aliphatic carbocycles. The van der Waals surface area contributed by atoms with Gasteiger partial charge in [-0.25, -0.2) is 4.79 Å². The van der Waals surface area contributed by atoms with Crippen molar-refractivity contribution >= 4 is 17.6 Å². The number of carbonyl (C=O) groups is 2. The molecule has 0 radical (unpaired) electrons. The molecule has 0 spiro atoms. The maximum atomic E-state index is 13.0. The van der Waals surface area contributed by atoms with Gasteiger partial charge in [0.1, 0.15) is 6.10 Å². The number of nitrogens with one attached hydrogen (secondary N) is 1. The molecule has 1 N–H and O–H groups in total. The van der Waals surface area contributed by atoms with Crippen molar-refractivity contribution < 1.29 is 14.3 Å². The first-order valence-electron chi connectivity index (χ1n) is 8.83. The first-order chi connectivity index (χ1) is 12.7. The highest BCUT2D eigenvalue weighted by atomic mass is 16.5. The fourth-order valence-electron chi connectivity index (χ4n) is 3.41. The topological polar surface area (TPSA) is 61.9 Å². The smallest absolute Gasteiger partial charge is 0.321 e. The predicted molar refractivity (Wildman–Crippen MR) is 98.2 cm³/mol. The van der Waals surface area contributed by atoms with Crippen LogP contribution in [0.5, 0.6) is 0 Å². The number of urea groups is 1. The van der Waals surface area contributed by atoms with Gasteiger partial charge in [-0.2, -0.15) is 0 Å². The van der Waals surface area contributed by atoms with Crippen LogP contribution in [0.15, 0.2) is 54.6 Å². The molecule has 2 heterocycles. The van der Waals surface area contributed by atoms with Crippen molar-refractivity contribution in [2.75, 3.05) is 37.7 Å². The van der Waals surface area contributed by atoms with Crippen LogP contribution in [0, 0.1) is 0 Å². The number of carbonyl (C=O) groups excluding carboxylic acids is 2. The largest absolute Gasteiger partial charge is 0.370 e. The summed E-state index contributed by atoms with van der Waals surface area (Å²) in [5.41, 5.74) is 2.42. The van der Waals surface area contributed by atoms with Gasteiger partial charge in [0, 0.05) is 30.9 Å². The van der Waals surface area contributed by atoms with E-state index in [-0.39, 0.29) is 18.0 Å². The number of benzene rings is 2. The van der Waals surface area contributed by atoms with Crippen molar-refractivity contribution in [3.8, 4) is 0 Å². The second-order valence-electron chi connectivity index (χ2n) is 6.46. The Bertz CT molecular complexity index is 809. The molecule has 26 heavy (non-hydrogen) atoms. The van der Waals surface area contributed by atoms with E-state index in [2.05, 4.69) is 5.32 Å². The van der Waals surface area contributed by atoms with Crippen LogP contribution >= 0.6 is 0 Å². The van der Waals surface area contributed by atoms with E-state index in [0.29, 0.717) is 38.3 Å². The minimum absolute atomic E-state index is 0.0318. The van der Waals surface area contributed by atoms with E-state index >= 15 is 0 Å². The molecule has 1 unspecified atom stereocenters. The van der Waals surface area contributed by atoms with Crippen LogP contribution in [-0.2, 0) is 4.74 Å². The third-order valence-electron chi connectivity index (χ3n) is 4.79. The Kier molecular flexibility index (Phi) is 4.58. The molecule has 0 bridgehead atoms. The molecule has 6 nitrogen and oxygen atoms in total. The Hall–Kier alpha value is -2.86. The third kappa shape index (κ3) is 3.28. The summed E-state index contributed by atoms with van der Waals surface area (Å²) in [5, 5.41) is 2.78. The van der Waals surface area contributed by atoms with Crippen LogP contribution in [0.4, 0.5) is 10.5 Å².